The first-order valence-electron chi connectivity index (χ1n) is 16.1. The van der Waals surface area contributed by atoms with Gasteiger partial charge in [0.1, 0.15) is 11.6 Å². The Kier molecular flexibility index (Phi) is 7.69. The molecule has 1 amide bonds. The summed E-state index contributed by atoms with van der Waals surface area (Å²) in [6.45, 7) is 9.47. The molecule has 0 N–H and O–H groups in total. The van der Waals surface area contributed by atoms with E-state index in [-0.39, 0.29) is 28.1 Å². The number of ether oxygens (including phenoxy) is 1. The molecule has 0 aliphatic heterocycles. The van der Waals surface area contributed by atoms with E-state index >= 15 is 0 Å². The molecule has 0 atom stereocenters. The smallest absolute Gasteiger partial charge is 0.231 e. The molecule has 0 spiro atoms. The molecule has 2 heterocycles. The zero-order chi connectivity index (χ0) is 29.5. The zero-order valence-corrected chi connectivity index (χ0v) is 26.3. The number of benzene rings is 1. The maximum absolute atomic E-state index is 14.3. The van der Waals surface area contributed by atoms with E-state index in [2.05, 4.69) is 72.6 Å². The van der Waals surface area contributed by atoms with Crippen molar-refractivity contribution in [2.45, 2.75) is 109 Å². The molecule has 6 heteroatoms. The standard InChI is InChI=1S/C36H48N4O2/c1-26-21-28(11-12-30(26)42-5)36-17-14-35(15-18-36,16-19-36)24-40(33(41)27-9-7-6-8-10-27)32-22-29(13-20-37-32)39-23-31(38-25-39)34(2,3)4/h11-13,20-23,25,27H,6-10,14-19,24H2,1-5H3. The molecule has 6 nitrogen and oxygen atoms in total. The van der Waals surface area contributed by atoms with Crippen molar-refractivity contribution in [3.05, 3.63) is 65.9 Å². The predicted molar refractivity (Wildman–Crippen MR) is 169 cm³/mol. The van der Waals surface area contributed by atoms with Gasteiger partial charge >= 0.3 is 0 Å². The number of hydrogen-bond donors (Lipinski definition) is 0. The summed E-state index contributed by atoms with van der Waals surface area (Å²) in [6.07, 6.45) is 18.4. The second kappa shape index (κ2) is 11.2. The van der Waals surface area contributed by atoms with Crippen LogP contribution in [0.5, 0.6) is 5.75 Å². The van der Waals surface area contributed by atoms with Gasteiger partial charge in [-0.05, 0) is 92.4 Å². The lowest BCUT2D eigenvalue weighted by molar-refractivity contribution is -0.124. The van der Waals surface area contributed by atoms with Crippen LogP contribution >= 0.6 is 0 Å². The van der Waals surface area contributed by atoms with Gasteiger partial charge in [0, 0.05) is 36.3 Å². The van der Waals surface area contributed by atoms with Crippen molar-refractivity contribution in [2.75, 3.05) is 18.6 Å². The van der Waals surface area contributed by atoms with Crippen molar-refractivity contribution >= 4 is 11.7 Å². The lowest BCUT2D eigenvalue weighted by Gasteiger charge is -2.55. The van der Waals surface area contributed by atoms with Gasteiger partial charge in [-0.3, -0.25) is 9.69 Å². The second-order valence-electron chi connectivity index (χ2n) is 14.5. The normalized spacial score (nSPS) is 24.5. The van der Waals surface area contributed by atoms with Crippen LogP contribution in [0.3, 0.4) is 0 Å². The Labute approximate surface area is 251 Å². The van der Waals surface area contributed by atoms with Gasteiger partial charge in [0.15, 0.2) is 0 Å². The van der Waals surface area contributed by atoms with E-state index in [1.54, 1.807) is 7.11 Å². The Bertz CT molecular complexity index is 1400. The van der Waals surface area contributed by atoms with Gasteiger partial charge in [-0.25, -0.2) is 9.97 Å². The van der Waals surface area contributed by atoms with Gasteiger partial charge in [0.05, 0.1) is 24.8 Å². The Balaban J connectivity index is 1.27. The van der Waals surface area contributed by atoms with Crippen LogP contribution in [0.25, 0.3) is 5.69 Å². The van der Waals surface area contributed by atoms with Gasteiger partial charge in [-0.1, -0.05) is 52.2 Å². The van der Waals surface area contributed by atoms with E-state index < -0.39 is 0 Å². The number of fused-ring (bicyclic) bond motifs is 3. The van der Waals surface area contributed by atoms with E-state index in [9.17, 15) is 4.79 Å². The number of rotatable bonds is 7. The summed E-state index contributed by atoms with van der Waals surface area (Å²) in [7, 11) is 1.75. The number of anilines is 1. The molecule has 4 aliphatic rings. The number of imidazole rings is 1. The summed E-state index contributed by atoms with van der Waals surface area (Å²) < 4.78 is 7.61. The van der Waals surface area contributed by atoms with E-state index in [1.807, 2.05) is 18.6 Å². The molecule has 1 aromatic carbocycles. The van der Waals surface area contributed by atoms with E-state index in [0.29, 0.717) is 0 Å². The highest BCUT2D eigenvalue weighted by Gasteiger charge is 2.50. The lowest BCUT2D eigenvalue weighted by atomic mass is 9.51. The SMILES string of the molecule is COc1ccc(C23CCC(CN(C(=O)C4CCCCC4)c4cc(-n5cnc(C(C)(C)C)c5)ccn4)(CC2)CC3)cc1C. The fourth-order valence-corrected chi connectivity index (χ4v) is 7.89. The second-order valence-corrected chi connectivity index (χ2v) is 14.5. The van der Waals surface area contributed by atoms with Crippen molar-refractivity contribution in [2.24, 2.45) is 11.3 Å². The number of aryl methyl sites for hydroxylation is 1. The summed E-state index contributed by atoms with van der Waals surface area (Å²) >= 11 is 0. The Morgan fingerprint density at radius 3 is 2.33 bits per heavy atom. The van der Waals surface area contributed by atoms with Crippen molar-refractivity contribution in [1.82, 2.24) is 14.5 Å². The van der Waals surface area contributed by atoms with Gasteiger partial charge < -0.3 is 9.30 Å². The molecule has 4 saturated carbocycles. The van der Waals surface area contributed by atoms with Crippen molar-refractivity contribution in [3.8, 4) is 11.4 Å². The highest BCUT2D eigenvalue weighted by Crippen LogP contribution is 2.58. The van der Waals surface area contributed by atoms with Crippen molar-refractivity contribution in [3.63, 3.8) is 0 Å². The quantitative estimate of drug-likeness (QED) is 0.289. The third kappa shape index (κ3) is 5.49. The van der Waals surface area contributed by atoms with Gasteiger partial charge in [0.25, 0.3) is 0 Å². The average Bonchev–Trinajstić information content (AvgIpc) is 3.53. The molecule has 3 aromatic rings. The maximum atomic E-state index is 14.3. The number of amides is 1. The first-order valence-corrected chi connectivity index (χ1v) is 16.1. The first-order chi connectivity index (χ1) is 20.1. The van der Waals surface area contributed by atoms with Crippen LogP contribution in [0.1, 0.15) is 108 Å². The molecule has 0 unspecified atom stereocenters. The molecule has 0 saturated heterocycles. The fourth-order valence-electron chi connectivity index (χ4n) is 7.89. The van der Waals surface area contributed by atoms with Gasteiger partial charge in [-0.2, -0.15) is 0 Å². The first kappa shape index (κ1) is 28.9. The monoisotopic (exact) mass is 568 g/mol. The minimum Gasteiger partial charge on any atom is -0.496 e. The number of methoxy groups -OCH3 is 1. The Hall–Kier alpha value is -3.15. The molecule has 7 rings (SSSR count). The van der Waals surface area contributed by atoms with E-state index in [1.165, 1.54) is 36.8 Å². The highest BCUT2D eigenvalue weighted by molar-refractivity contribution is 5.94. The van der Waals surface area contributed by atoms with Crippen LogP contribution in [-0.4, -0.2) is 34.1 Å². The summed E-state index contributed by atoms with van der Waals surface area (Å²) in [4.78, 5) is 25.9. The molecule has 2 bridgehead atoms. The highest BCUT2D eigenvalue weighted by atomic mass is 16.5. The summed E-state index contributed by atoms with van der Waals surface area (Å²) in [6, 6.07) is 10.9. The lowest BCUT2D eigenvalue weighted by Crippen LogP contribution is -2.51. The molecule has 4 fully saturated rings. The third-order valence-corrected chi connectivity index (χ3v) is 10.8. The number of carbonyl (C=O) groups is 1. The number of pyridine rings is 1. The predicted octanol–water partition coefficient (Wildman–Crippen LogP) is 8.09. The molecule has 0 radical (unpaired) electrons. The largest absolute Gasteiger partial charge is 0.496 e. The minimum atomic E-state index is -0.0229. The van der Waals surface area contributed by atoms with Crippen LogP contribution in [0.4, 0.5) is 5.82 Å². The van der Waals surface area contributed by atoms with Crippen LogP contribution in [-0.2, 0) is 15.6 Å². The molecule has 42 heavy (non-hydrogen) atoms. The topological polar surface area (TPSA) is 60.2 Å². The number of carbonyl (C=O) groups excluding carboxylic acids is 1. The molecule has 4 aliphatic carbocycles. The zero-order valence-electron chi connectivity index (χ0n) is 26.3. The molecular weight excluding hydrogens is 520 g/mol. The molecular formula is C36H48N4O2. The Morgan fingerprint density at radius 2 is 1.71 bits per heavy atom. The van der Waals surface area contributed by atoms with Gasteiger partial charge in [-0.15, -0.1) is 0 Å². The van der Waals surface area contributed by atoms with E-state index in [4.69, 9.17) is 9.72 Å². The van der Waals surface area contributed by atoms with Crippen molar-refractivity contribution in [1.29, 1.82) is 0 Å². The average molecular weight is 569 g/mol. The third-order valence-electron chi connectivity index (χ3n) is 10.8. The number of nitrogens with zero attached hydrogens (tertiary/aromatic N) is 4. The molecule has 2 aromatic heterocycles. The van der Waals surface area contributed by atoms with Crippen LogP contribution in [0.2, 0.25) is 0 Å². The minimum absolute atomic E-state index is 0.0229. The fraction of sp³-hybridized carbons (Fsp3) is 0.583. The Morgan fingerprint density at radius 1 is 1.00 bits per heavy atom. The molecule has 224 valence electrons. The summed E-state index contributed by atoms with van der Waals surface area (Å²) in [5.41, 5.74) is 5.12. The van der Waals surface area contributed by atoms with Gasteiger partial charge in [0.2, 0.25) is 5.91 Å². The van der Waals surface area contributed by atoms with Crippen LogP contribution in [0, 0.1) is 18.3 Å². The number of aromatic nitrogens is 3. The van der Waals surface area contributed by atoms with Crippen LogP contribution < -0.4 is 9.64 Å². The van der Waals surface area contributed by atoms with E-state index in [0.717, 1.165) is 74.4 Å². The van der Waals surface area contributed by atoms with Crippen molar-refractivity contribution < 1.29 is 9.53 Å². The summed E-state index contributed by atoms with van der Waals surface area (Å²) in [5.74, 6) is 2.14. The van der Waals surface area contributed by atoms with Crippen LogP contribution in [0.15, 0.2) is 49.1 Å². The summed E-state index contributed by atoms with van der Waals surface area (Å²) in [5, 5.41) is 0. The number of hydrogen-bond acceptors (Lipinski definition) is 4. The maximum Gasteiger partial charge on any atom is 0.231 e.